The zero-order valence-electron chi connectivity index (χ0n) is 9.88. The smallest absolute Gasteiger partial charge is 0.348 e. The van der Waals surface area contributed by atoms with Crippen molar-refractivity contribution in [2.75, 3.05) is 6.54 Å². The number of nitrogens with two attached hydrogens (primary N) is 1. The number of rotatable bonds is 3. The largest absolute Gasteiger partial charge is 0.451 e. The molecule has 1 unspecified atom stereocenters. The Morgan fingerprint density at radius 2 is 2.17 bits per heavy atom. The van der Waals surface area contributed by atoms with Crippen LogP contribution in [-0.4, -0.2) is 28.5 Å². The van der Waals surface area contributed by atoms with Crippen molar-refractivity contribution in [3.05, 3.63) is 23.3 Å². The Bertz CT molecular complexity index is 447. The van der Waals surface area contributed by atoms with Crippen molar-refractivity contribution in [2.45, 2.75) is 26.1 Å². The highest BCUT2D eigenvalue weighted by Gasteiger charge is 2.35. The van der Waals surface area contributed by atoms with Crippen LogP contribution in [0.25, 0.3) is 0 Å². The van der Waals surface area contributed by atoms with E-state index >= 15 is 0 Å². The maximum absolute atomic E-state index is 12.3. The van der Waals surface area contributed by atoms with E-state index in [0.717, 1.165) is 6.20 Å². The van der Waals surface area contributed by atoms with Crippen molar-refractivity contribution < 1.29 is 18.0 Å². The molecule has 100 valence electrons. The number of alkyl halides is 3. The summed E-state index contributed by atoms with van der Waals surface area (Å²) in [5.41, 5.74) is 5.30. The van der Waals surface area contributed by atoms with Gasteiger partial charge in [0.15, 0.2) is 0 Å². The van der Waals surface area contributed by atoms with E-state index in [1.165, 1.54) is 6.92 Å². The Balaban J connectivity index is 2.96. The summed E-state index contributed by atoms with van der Waals surface area (Å²) >= 11 is 0. The van der Waals surface area contributed by atoms with Crippen LogP contribution in [0.3, 0.4) is 0 Å². The third kappa shape index (κ3) is 3.39. The maximum atomic E-state index is 12.3. The third-order valence-electron chi connectivity index (χ3n) is 2.21. The molecule has 0 aliphatic rings. The molecule has 0 spiro atoms. The first-order valence-electron chi connectivity index (χ1n) is 5.17. The lowest BCUT2D eigenvalue weighted by Crippen LogP contribution is -2.38. The molecule has 1 heterocycles. The summed E-state index contributed by atoms with van der Waals surface area (Å²) in [5, 5.41) is 2.52. The van der Waals surface area contributed by atoms with Crippen LogP contribution >= 0.6 is 0 Å². The molecular weight excluding hydrogens is 249 g/mol. The molecule has 1 amide bonds. The maximum Gasteiger partial charge on any atom is 0.451 e. The molecule has 0 aliphatic carbocycles. The standard InChI is InChI=1S/C10H13F3N4O/c1-5(3-14)16-8(18)7-4-15-9(10(11,12)13)17-6(7)2/h4-5H,3,14H2,1-2H3,(H,16,18). The highest BCUT2D eigenvalue weighted by atomic mass is 19.4. The molecule has 0 fully saturated rings. The molecular formula is C10H13F3N4O. The summed E-state index contributed by atoms with van der Waals surface area (Å²) in [6.07, 6.45) is -3.76. The summed E-state index contributed by atoms with van der Waals surface area (Å²) in [6.45, 7) is 3.23. The second-order valence-electron chi connectivity index (χ2n) is 3.80. The number of halogens is 3. The van der Waals surface area contributed by atoms with Gasteiger partial charge in [-0.3, -0.25) is 4.79 Å². The molecule has 5 nitrogen and oxygen atoms in total. The summed E-state index contributed by atoms with van der Waals surface area (Å²) < 4.78 is 37.0. The first-order chi connectivity index (χ1) is 8.25. The van der Waals surface area contributed by atoms with Crippen molar-refractivity contribution in [3.63, 3.8) is 0 Å². The lowest BCUT2D eigenvalue weighted by Gasteiger charge is -2.13. The van der Waals surface area contributed by atoms with Crippen molar-refractivity contribution in [1.82, 2.24) is 15.3 Å². The Hall–Kier alpha value is -1.70. The molecule has 1 aromatic heterocycles. The number of aryl methyl sites for hydroxylation is 1. The summed E-state index contributed by atoms with van der Waals surface area (Å²) in [7, 11) is 0. The fourth-order valence-corrected chi connectivity index (χ4v) is 1.19. The molecule has 1 atom stereocenters. The molecule has 1 aromatic rings. The fraction of sp³-hybridized carbons (Fsp3) is 0.500. The van der Waals surface area contributed by atoms with E-state index in [9.17, 15) is 18.0 Å². The van der Waals surface area contributed by atoms with Gasteiger partial charge in [0, 0.05) is 18.8 Å². The highest BCUT2D eigenvalue weighted by Crippen LogP contribution is 2.26. The number of hydrogen-bond donors (Lipinski definition) is 2. The first-order valence-corrected chi connectivity index (χ1v) is 5.17. The summed E-state index contributed by atoms with van der Waals surface area (Å²) in [5.74, 6) is -1.80. The molecule has 0 aliphatic heterocycles. The van der Waals surface area contributed by atoms with E-state index in [-0.39, 0.29) is 23.8 Å². The third-order valence-corrected chi connectivity index (χ3v) is 2.21. The lowest BCUT2D eigenvalue weighted by atomic mass is 10.2. The molecule has 18 heavy (non-hydrogen) atoms. The van der Waals surface area contributed by atoms with E-state index < -0.39 is 17.9 Å². The van der Waals surface area contributed by atoms with Gasteiger partial charge in [-0.15, -0.1) is 0 Å². The Morgan fingerprint density at radius 3 is 2.61 bits per heavy atom. The summed E-state index contributed by atoms with van der Waals surface area (Å²) in [4.78, 5) is 18.1. The van der Waals surface area contributed by atoms with Crippen LogP contribution in [-0.2, 0) is 6.18 Å². The lowest BCUT2D eigenvalue weighted by molar-refractivity contribution is -0.145. The molecule has 3 N–H and O–H groups in total. The second kappa shape index (κ2) is 5.30. The van der Waals surface area contributed by atoms with Crippen molar-refractivity contribution in [1.29, 1.82) is 0 Å². The Kier molecular flexibility index (Phi) is 4.23. The second-order valence-corrected chi connectivity index (χ2v) is 3.80. The molecule has 8 heteroatoms. The minimum atomic E-state index is -4.62. The number of aromatic nitrogens is 2. The van der Waals surface area contributed by atoms with Gasteiger partial charge in [0.2, 0.25) is 5.82 Å². The van der Waals surface area contributed by atoms with Crippen molar-refractivity contribution in [2.24, 2.45) is 5.73 Å². The molecule has 0 radical (unpaired) electrons. The van der Waals surface area contributed by atoms with Crippen LogP contribution in [0.2, 0.25) is 0 Å². The van der Waals surface area contributed by atoms with Gasteiger partial charge in [-0.05, 0) is 13.8 Å². The number of carbonyl (C=O) groups is 1. The van der Waals surface area contributed by atoms with Gasteiger partial charge in [-0.1, -0.05) is 0 Å². The number of nitrogens with zero attached hydrogens (tertiary/aromatic N) is 2. The Morgan fingerprint density at radius 1 is 1.56 bits per heavy atom. The van der Waals surface area contributed by atoms with Gasteiger partial charge >= 0.3 is 6.18 Å². The predicted molar refractivity (Wildman–Crippen MR) is 57.8 cm³/mol. The van der Waals surface area contributed by atoms with Crippen LogP contribution in [0.4, 0.5) is 13.2 Å². The molecule has 1 rings (SSSR count). The average Bonchev–Trinajstić information content (AvgIpc) is 2.27. The van der Waals surface area contributed by atoms with Gasteiger partial charge in [-0.2, -0.15) is 13.2 Å². The molecule has 0 aromatic carbocycles. The van der Waals surface area contributed by atoms with Crippen LogP contribution in [0, 0.1) is 6.92 Å². The average molecular weight is 262 g/mol. The topological polar surface area (TPSA) is 80.9 Å². The van der Waals surface area contributed by atoms with Crippen LogP contribution in [0.1, 0.15) is 28.8 Å². The minimum Gasteiger partial charge on any atom is -0.348 e. The number of amides is 1. The van der Waals surface area contributed by atoms with Gasteiger partial charge in [0.05, 0.1) is 11.3 Å². The zero-order valence-corrected chi connectivity index (χ0v) is 9.88. The molecule has 0 bridgehead atoms. The SMILES string of the molecule is Cc1nc(C(F)(F)F)ncc1C(=O)NC(C)CN. The van der Waals surface area contributed by atoms with Crippen molar-refractivity contribution in [3.8, 4) is 0 Å². The van der Waals surface area contributed by atoms with E-state index in [2.05, 4.69) is 15.3 Å². The van der Waals surface area contributed by atoms with Gasteiger partial charge in [0.1, 0.15) is 0 Å². The van der Waals surface area contributed by atoms with Gasteiger partial charge < -0.3 is 11.1 Å². The first kappa shape index (κ1) is 14.4. The van der Waals surface area contributed by atoms with Gasteiger partial charge in [-0.25, -0.2) is 9.97 Å². The molecule has 0 saturated heterocycles. The monoisotopic (exact) mass is 262 g/mol. The van der Waals surface area contributed by atoms with E-state index in [1.807, 2.05) is 0 Å². The Labute approximate surface area is 102 Å². The van der Waals surface area contributed by atoms with Crippen LogP contribution in [0.15, 0.2) is 6.20 Å². The zero-order chi connectivity index (χ0) is 13.9. The summed E-state index contributed by atoms with van der Waals surface area (Å²) in [6, 6.07) is -0.279. The predicted octanol–water partition coefficient (Wildman–Crippen LogP) is 0.881. The minimum absolute atomic E-state index is 0.00306. The number of nitrogens with one attached hydrogen (secondary N) is 1. The highest BCUT2D eigenvalue weighted by molar-refractivity contribution is 5.95. The van der Waals surface area contributed by atoms with Crippen LogP contribution < -0.4 is 11.1 Å². The number of hydrogen-bond acceptors (Lipinski definition) is 4. The van der Waals surface area contributed by atoms with E-state index in [1.54, 1.807) is 6.92 Å². The fourth-order valence-electron chi connectivity index (χ4n) is 1.19. The van der Waals surface area contributed by atoms with Crippen molar-refractivity contribution >= 4 is 5.91 Å². The van der Waals surface area contributed by atoms with Crippen LogP contribution in [0.5, 0.6) is 0 Å². The quantitative estimate of drug-likeness (QED) is 0.847. The number of carbonyl (C=O) groups excluding carboxylic acids is 1. The van der Waals surface area contributed by atoms with E-state index in [4.69, 9.17) is 5.73 Å². The normalized spacial score (nSPS) is 13.2. The van der Waals surface area contributed by atoms with Gasteiger partial charge in [0.25, 0.3) is 5.91 Å². The molecule has 0 saturated carbocycles. The van der Waals surface area contributed by atoms with E-state index in [0.29, 0.717) is 0 Å².